The van der Waals surface area contributed by atoms with Crippen LogP contribution in [0.5, 0.6) is 0 Å². The molecule has 0 radical (unpaired) electrons. The molecule has 13 heavy (non-hydrogen) atoms. The number of hydrogen-bond acceptors (Lipinski definition) is 0. The van der Waals surface area contributed by atoms with Gasteiger partial charge in [-0.15, -0.1) is 0 Å². The maximum absolute atomic E-state index is 3.53. The molecule has 3 unspecified atom stereocenters. The Balaban J connectivity index is 2.28. The van der Waals surface area contributed by atoms with E-state index >= 15 is 0 Å². The van der Waals surface area contributed by atoms with Crippen LogP contribution in [0.4, 0.5) is 0 Å². The summed E-state index contributed by atoms with van der Waals surface area (Å²) < 4.78 is 0. The van der Waals surface area contributed by atoms with Crippen molar-refractivity contribution in [2.45, 2.75) is 46.0 Å². The molecule has 0 aromatic heterocycles. The van der Waals surface area contributed by atoms with Gasteiger partial charge in [0.1, 0.15) is 0 Å². The third kappa shape index (κ3) is 1.40. The second-order valence-electron chi connectivity index (χ2n) is 5.07. The van der Waals surface area contributed by atoms with Crippen LogP contribution in [0, 0.1) is 17.3 Å². The van der Waals surface area contributed by atoms with Gasteiger partial charge in [-0.1, -0.05) is 35.4 Å². The fourth-order valence-electron chi connectivity index (χ4n) is 3.43. The van der Waals surface area contributed by atoms with Crippen LogP contribution in [-0.4, -0.2) is 0 Å². The first kappa shape index (κ1) is 9.76. The molecule has 1 heteroatoms. The average Bonchev–Trinajstić information content (AvgIpc) is 2.43. The Kier molecular flexibility index (Phi) is 2.57. The summed E-state index contributed by atoms with van der Waals surface area (Å²) >= 11 is 3.53. The molecule has 2 aliphatic rings. The first-order chi connectivity index (χ1) is 6.18. The molecule has 0 spiro atoms. The van der Waals surface area contributed by atoms with E-state index in [0.29, 0.717) is 5.41 Å². The van der Waals surface area contributed by atoms with E-state index < -0.39 is 0 Å². The van der Waals surface area contributed by atoms with Crippen molar-refractivity contribution in [1.29, 1.82) is 0 Å². The number of halogens is 1. The topological polar surface area (TPSA) is 0 Å². The first-order valence-electron chi connectivity index (χ1n) is 5.47. The number of rotatable bonds is 0. The molecule has 0 aliphatic heterocycles. The van der Waals surface area contributed by atoms with Crippen LogP contribution in [0.1, 0.15) is 46.0 Å². The van der Waals surface area contributed by atoms with Crippen LogP contribution in [0.3, 0.4) is 0 Å². The van der Waals surface area contributed by atoms with Crippen LogP contribution >= 0.6 is 15.9 Å². The highest BCUT2D eigenvalue weighted by Crippen LogP contribution is 2.57. The minimum absolute atomic E-state index is 0.623. The van der Waals surface area contributed by atoms with E-state index in [2.05, 4.69) is 34.8 Å². The van der Waals surface area contributed by atoms with E-state index in [0.717, 1.165) is 11.8 Å². The lowest BCUT2D eigenvalue weighted by atomic mass is 9.64. The van der Waals surface area contributed by atoms with Crippen LogP contribution in [0.2, 0.25) is 0 Å². The standard InChI is InChI=1S/C12H19Br/c1-9-5-6-11-10(8-13)4-3-7-12(9,11)2/h8-9,11H,3-7H2,1-2H3/b10-8+. The molecule has 0 bridgehead atoms. The Morgan fingerprint density at radius 1 is 1.46 bits per heavy atom. The molecule has 3 atom stereocenters. The normalized spacial score (nSPS) is 48.1. The van der Waals surface area contributed by atoms with Crippen molar-refractivity contribution in [2.75, 3.05) is 0 Å². The van der Waals surface area contributed by atoms with E-state index in [9.17, 15) is 0 Å². The highest BCUT2D eigenvalue weighted by Gasteiger charge is 2.46. The minimum atomic E-state index is 0.623. The molecule has 0 amide bonds. The summed E-state index contributed by atoms with van der Waals surface area (Å²) in [4.78, 5) is 2.20. The van der Waals surface area contributed by atoms with Crippen molar-refractivity contribution in [1.82, 2.24) is 0 Å². The summed E-state index contributed by atoms with van der Waals surface area (Å²) in [6.45, 7) is 4.95. The van der Waals surface area contributed by atoms with Gasteiger partial charge in [-0.05, 0) is 54.3 Å². The van der Waals surface area contributed by atoms with E-state index in [1.807, 2.05) is 0 Å². The zero-order chi connectivity index (χ0) is 9.47. The zero-order valence-electron chi connectivity index (χ0n) is 8.65. The van der Waals surface area contributed by atoms with Gasteiger partial charge in [-0.3, -0.25) is 0 Å². The fourth-order valence-corrected chi connectivity index (χ4v) is 3.98. The number of allylic oxidation sites excluding steroid dienone is 1. The summed E-state index contributed by atoms with van der Waals surface area (Å²) in [5.74, 6) is 1.82. The molecule has 2 rings (SSSR count). The van der Waals surface area contributed by atoms with Crippen molar-refractivity contribution in [3.05, 3.63) is 10.6 Å². The average molecular weight is 243 g/mol. The summed E-state index contributed by atoms with van der Waals surface area (Å²) in [7, 11) is 0. The Morgan fingerprint density at radius 3 is 2.92 bits per heavy atom. The van der Waals surface area contributed by atoms with Gasteiger partial charge in [-0.25, -0.2) is 0 Å². The Bertz CT molecular complexity index is 231. The second-order valence-corrected chi connectivity index (χ2v) is 5.53. The SMILES string of the molecule is CC1CCC2/C(=C/Br)CCCC12C. The quantitative estimate of drug-likeness (QED) is 0.587. The predicted molar refractivity (Wildman–Crippen MR) is 60.9 cm³/mol. The molecule has 0 nitrogen and oxygen atoms in total. The maximum Gasteiger partial charge on any atom is -0.0138 e. The van der Waals surface area contributed by atoms with Crippen LogP contribution in [0.15, 0.2) is 10.6 Å². The van der Waals surface area contributed by atoms with E-state index in [4.69, 9.17) is 0 Å². The van der Waals surface area contributed by atoms with Crippen LogP contribution in [-0.2, 0) is 0 Å². The van der Waals surface area contributed by atoms with Gasteiger partial charge in [0.05, 0.1) is 0 Å². The van der Waals surface area contributed by atoms with E-state index in [-0.39, 0.29) is 0 Å². The lowest BCUT2D eigenvalue weighted by molar-refractivity contribution is 0.147. The molecule has 0 heterocycles. The summed E-state index contributed by atoms with van der Waals surface area (Å²) in [5.41, 5.74) is 2.30. The van der Waals surface area contributed by atoms with Crippen molar-refractivity contribution < 1.29 is 0 Å². The summed E-state index contributed by atoms with van der Waals surface area (Å²) in [6, 6.07) is 0. The fraction of sp³-hybridized carbons (Fsp3) is 0.833. The summed E-state index contributed by atoms with van der Waals surface area (Å²) in [5, 5.41) is 0. The van der Waals surface area contributed by atoms with Crippen molar-refractivity contribution in [3.63, 3.8) is 0 Å². The third-order valence-corrected chi connectivity index (χ3v) is 5.17. The number of hydrogen-bond donors (Lipinski definition) is 0. The van der Waals surface area contributed by atoms with Gasteiger partial charge in [0.25, 0.3) is 0 Å². The monoisotopic (exact) mass is 242 g/mol. The van der Waals surface area contributed by atoms with Gasteiger partial charge in [0.15, 0.2) is 0 Å². The first-order valence-corrected chi connectivity index (χ1v) is 6.39. The Morgan fingerprint density at radius 2 is 2.23 bits per heavy atom. The molecule has 0 N–H and O–H groups in total. The molecular formula is C12H19Br. The molecule has 0 aromatic rings. The highest BCUT2D eigenvalue weighted by molar-refractivity contribution is 9.11. The highest BCUT2D eigenvalue weighted by atomic mass is 79.9. The summed E-state index contributed by atoms with van der Waals surface area (Å²) in [6.07, 6.45) is 7.04. The smallest absolute Gasteiger partial charge is 0.0138 e. The lowest BCUT2D eigenvalue weighted by Crippen LogP contribution is -2.31. The molecular weight excluding hydrogens is 224 g/mol. The van der Waals surface area contributed by atoms with Crippen molar-refractivity contribution in [3.8, 4) is 0 Å². The van der Waals surface area contributed by atoms with Gasteiger partial charge in [0.2, 0.25) is 0 Å². The Labute approximate surface area is 89.9 Å². The van der Waals surface area contributed by atoms with Gasteiger partial charge >= 0.3 is 0 Å². The molecule has 0 aromatic carbocycles. The predicted octanol–water partition coefficient (Wildman–Crippen LogP) is 4.50. The minimum Gasteiger partial charge on any atom is -0.0620 e. The number of fused-ring (bicyclic) bond motifs is 1. The lowest BCUT2D eigenvalue weighted by Gasteiger charge is -2.41. The molecule has 74 valence electrons. The third-order valence-electron chi connectivity index (χ3n) is 4.58. The van der Waals surface area contributed by atoms with Gasteiger partial charge in [-0.2, -0.15) is 0 Å². The second kappa shape index (κ2) is 3.42. The maximum atomic E-state index is 3.53. The largest absolute Gasteiger partial charge is 0.0620 e. The van der Waals surface area contributed by atoms with Crippen LogP contribution in [0.25, 0.3) is 0 Å². The molecule has 0 saturated heterocycles. The van der Waals surface area contributed by atoms with Gasteiger partial charge < -0.3 is 0 Å². The molecule has 2 saturated carbocycles. The van der Waals surface area contributed by atoms with Gasteiger partial charge in [0, 0.05) is 0 Å². The molecule has 2 aliphatic carbocycles. The zero-order valence-corrected chi connectivity index (χ0v) is 10.2. The van der Waals surface area contributed by atoms with Crippen molar-refractivity contribution in [2.24, 2.45) is 17.3 Å². The van der Waals surface area contributed by atoms with E-state index in [1.54, 1.807) is 5.57 Å². The van der Waals surface area contributed by atoms with Crippen molar-refractivity contribution >= 4 is 15.9 Å². The molecule has 2 fully saturated rings. The Hall–Kier alpha value is 0.220. The van der Waals surface area contributed by atoms with Crippen LogP contribution < -0.4 is 0 Å². The van der Waals surface area contributed by atoms with E-state index in [1.165, 1.54) is 32.1 Å².